The van der Waals surface area contributed by atoms with Gasteiger partial charge in [0.25, 0.3) is 0 Å². The molecule has 0 aliphatic heterocycles. The molecule has 14 atom stereocenters. The van der Waals surface area contributed by atoms with Gasteiger partial charge >= 0.3 is 0 Å². The molecular weight excluding hydrogens is 444 g/mol. The minimum atomic E-state index is 0.830. The lowest BCUT2D eigenvalue weighted by atomic mass is 9.44. The minimum Gasteiger partial charge on any atom is -0.0625 e. The van der Waals surface area contributed by atoms with Crippen molar-refractivity contribution in [2.75, 3.05) is 0 Å². The Morgan fingerprint density at radius 1 is 0.405 bits per heavy atom. The van der Waals surface area contributed by atoms with E-state index in [1.165, 1.54) is 35.5 Å². The van der Waals surface area contributed by atoms with E-state index in [9.17, 15) is 0 Å². The van der Waals surface area contributed by atoms with Crippen LogP contribution in [0.5, 0.6) is 0 Å². The van der Waals surface area contributed by atoms with Crippen LogP contribution < -0.4 is 0 Å². The van der Waals surface area contributed by atoms with Crippen molar-refractivity contribution in [1.82, 2.24) is 0 Å². The minimum absolute atomic E-state index is 0.830. The largest absolute Gasteiger partial charge is 0.0625 e. The molecule has 0 saturated heterocycles. The molecule has 0 nitrogen and oxygen atoms in total. The molecule has 9 rings (SSSR count). The van der Waals surface area contributed by atoms with Gasteiger partial charge in [-0.25, -0.2) is 0 Å². The molecule has 0 heterocycles. The SMILES string of the molecule is CC1CC2CCC3CC4CC(C5CCCCC5)CC5C6CCC(C7CCCCC7)C6C6(CC(C1)C2C36)C45. The predicted octanol–water partition coefficient (Wildman–Crippen LogP) is 10.2. The molecular formula is C37H58. The van der Waals surface area contributed by atoms with Crippen LogP contribution in [0.3, 0.4) is 0 Å². The first-order chi connectivity index (χ1) is 18.2. The van der Waals surface area contributed by atoms with Crippen molar-refractivity contribution in [2.45, 2.75) is 135 Å². The molecule has 206 valence electrons. The third-order valence-corrected chi connectivity index (χ3v) is 16.4. The quantitative estimate of drug-likeness (QED) is 0.352. The smallest absolute Gasteiger partial charge is 0.0194 e. The number of hydrogen-bond donors (Lipinski definition) is 0. The van der Waals surface area contributed by atoms with Gasteiger partial charge in [0.2, 0.25) is 0 Å². The summed E-state index contributed by atoms with van der Waals surface area (Å²) in [5.41, 5.74) is 0.830. The second-order valence-corrected chi connectivity index (χ2v) is 17.5. The van der Waals surface area contributed by atoms with Crippen LogP contribution in [0.25, 0.3) is 0 Å². The zero-order chi connectivity index (χ0) is 24.3. The molecule has 0 aromatic carbocycles. The van der Waals surface area contributed by atoms with Crippen LogP contribution in [0.2, 0.25) is 0 Å². The Labute approximate surface area is 229 Å². The van der Waals surface area contributed by atoms with Gasteiger partial charge < -0.3 is 0 Å². The fourth-order valence-electron chi connectivity index (χ4n) is 16.3. The fourth-order valence-corrected chi connectivity index (χ4v) is 16.3. The van der Waals surface area contributed by atoms with Crippen LogP contribution >= 0.6 is 0 Å². The third-order valence-electron chi connectivity index (χ3n) is 16.4. The second kappa shape index (κ2) is 8.75. The van der Waals surface area contributed by atoms with Crippen LogP contribution in [0.1, 0.15) is 135 Å². The lowest BCUT2D eigenvalue weighted by Gasteiger charge is -2.61. The molecule has 0 radical (unpaired) electrons. The molecule has 0 amide bonds. The van der Waals surface area contributed by atoms with Crippen LogP contribution in [0.15, 0.2) is 0 Å². The zero-order valence-corrected chi connectivity index (χ0v) is 24.3. The Morgan fingerprint density at radius 3 is 1.89 bits per heavy atom. The number of hydrogen-bond acceptors (Lipinski definition) is 0. The number of fused-ring (bicyclic) bond motifs is 2. The van der Waals surface area contributed by atoms with E-state index in [0.29, 0.717) is 0 Å². The molecule has 9 fully saturated rings. The summed E-state index contributed by atoms with van der Waals surface area (Å²) in [6.07, 6.45) is 32.5. The van der Waals surface area contributed by atoms with Gasteiger partial charge in [-0.15, -0.1) is 0 Å². The maximum Gasteiger partial charge on any atom is -0.0194 e. The van der Waals surface area contributed by atoms with Crippen LogP contribution in [0, 0.1) is 94.2 Å². The Morgan fingerprint density at radius 2 is 1.08 bits per heavy atom. The van der Waals surface area contributed by atoms with Gasteiger partial charge in [0.15, 0.2) is 0 Å². The van der Waals surface area contributed by atoms with Crippen molar-refractivity contribution >= 4 is 0 Å². The van der Waals surface area contributed by atoms with Gasteiger partial charge in [0.1, 0.15) is 0 Å². The molecule has 9 aliphatic carbocycles. The van der Waals surface area contributed by atoms with Crippen molar-refractivity contribution in [3.8, 4) is 0 Å². The topological polar surface area (TPSA) is 0 Å². The first-order valence-electron chi connectivity index (χ1n) is 18.2. The lowest BCUT2D eigenvalue weighted by molar-refractivity contribution is -0.129. The standard InChI is InChI=1S/C37H58/c1-22-16-25-12-13-26-18-28-19-27(23-8-4-2-5-9-23)20-32-31-15-14-30(24-10-6-3-7-11-24)36(31)37(34(28)32)21-29(17-22)33(25)35(26)37/h22-36H,2-21H2,1H3. The van der Waals surface area contributed by atoms with E-state index in [1.807, 2.05) is 0 Å². The molecule has 0 aromatic heterocycles. The van der Waals surface area contributed by atoms with E-state index in [2.05, 4.69) is 6.92 Å². The van der Waals surface area contributed by atoms with Crippen molar-refractivity contribution in [2.24, 2.45) is 94.2 Å². The van der Waals surface area contributed by atoms with Crippen LogP contribution in [-0.4, -0.2) is 0 Å². The monoisotopic (exact) mass is 502 g/mol. The van der Waals surface area contributed by atoms with E-state index < -0.39 is 0 Å². The summed E-state index contributed by atoms with van der Waals surface area (Å²) in [5.74, 6) is 17.2. The zero-order valence-electron chi connectivity index (χ0n) is 24.3. The highest BCUT2D eigenvalue weighted by Gasteiger charge is 2.76. The summed E-state index contributed by atoms with van der Waals surface area (Å²) in [6.45, 7) is 2.65. The number of rotatable bonds is 2. The molecule has 0 aromatic rings. The summed E-state index contributed by atoms with van der Waals surface area (Å²) in [5, 5.41) is 0. The van der Waals surface area contributed by atoms with Crippen molar-refractivity contribution < 1.29 is 0 Å². The normalized spacial score (nSPS) is 59.1. The molecule has 14 unspecified atom stereocenters. The summed E-state index contributed by atoms with van der Waals surface area (Å²) < 4.78 is 0. The second-order valence-electron chi connectivity index (χ2n) is 17.5. The summed E-state index contributed by atoms with van der Waals surface area (Å²) in [4.78, 5) is 0. The Hall–Kier alpha value is 0. The third kappa shape index (κ3) is 3.26. The Balaban J connectivity index is 1.14. The van der Waals surface area contributed by atoms with Gasteiger partial charge in [-0.1, -0.05) is 71.1 Å². The van der Waals surface area contributed by atoms with E-state index in [-0.39, 0.29) is 0 Å². The van der Waals surface area contributed by atoms with Gasteiger partial charge in [-0.05, 0) is 158 Å². The van der Waals surface area contributed by atoms with Crippen molar-refractivity contribution in [1.29, 1.82) is 0 Å². The molecule has 1 spiro atoms. The average molecular weight is 503 g/mol. The van der Waals surface area contributed by atoms with E-state index in [1.54, 1.807) is 128 Å². The van der Waals surface area contributed by atoms with E-state index in [4.69, 9.17) is 0 Å². The highest BCUT2D eigenvalue weighted by Crippen LogP contribution is 2.82. The summed E-state index contributed by atoms with van der Waals surface area (Å²) >= 11 is 0. The molecule has 0 bridgehead atoms. The lowest BCUT2D eigenvalue weighted by Crippen LogP contribution is -2.55. The molecule has 0 heteroatoms. The Bertz CT molecular complexity index is 861. The first-order valence-corrected chi connectivity index (χ1v) is 18.2. The molecule has 9 saturated carbocycles. The summed E-state index contributed by atoms with van der Waals surface area (Å²) in [7, 11) is 0. The van der Waals surface area contributed by atoms with Gasteiger partial charge in [-0.2, -0.15) is 0 Å². The molecule has 0 N–H and O–H groups in total. The maximum absolute atomic E-state index is 2.65. The Kier molecular flexibility index (Phi) is 5.60. The van der Waals surface area contributed by atoms with Crippen molar-refractivity contribution in [3.05, 3.63) is 0 Å². The van der Waals surface area contributed by atoms with Crippen LogP contribution in [0.4, 0.5) is 0 Å². The van der Waals surface area contributed by atoms with Gasteiger partial charge in [-0.3, -0.25) is 0 Å². The van der Waals surface area contributed by atoms with Crippen LogP contribution in [-0.2, 0) is 0 Å². The summed E-state index contributed by atoms with van der Waals surface area (Å²) in [6, 6.07) is 0. The molecule has 9 aliphatic rings. The maximum atomic E-state index is 2.65. The van der Waals surface area contributed by atoms with Gasteiger partial charge in [0.05, 0.1) is 0 Å². The highest BCUT2D eigenvalue weighted by molar-refractivity contribution is 5.24. The first kappa shape index (κ1) is 23.7. The fraction of sp³-hybridized carbons (Fsp3) is 1.00. The van der Waals surface area contributed by atoms with Gasteiger partial charge in [0, 0.05) is 0 Å². The predicted molar refractivity (Wildman–Crippen MR) is 153 cm³/mol. The highest BCUT2D eigenvalue weighted by atomic mass is 14.8. The van der Waals surface area contributed by atoms with E-state index >= 15 is 0 Å². The van der Waals surface area contributed by atoms with Crippen molar-refractivity contribution in [3.63, 3.8) is 0 Å². The average Bonchev–Trinajstić information content (AvgIpc) is 3.60. The molecule has 37 heavy (non-hydrogen) atoms. The van der Waals surface area contributed by atoms with E-state index in [0.717, 1.165) is 58.7 Å².